The Morgan fingerprint density at radius 2 is 2.16 bits per heavy atom. The van der Waals surface area contributed by atoms with Crippen molar-refractivity contribution in [2.75, 3.05) is 13.7 Å². The average molecular weight is 265 g/mol. The van der Waals surface area contributed by atoms with Gasteiger partial charge in [-0.25, -0.2) is 4.39 Å². The number of rotatable bonds is 6. The minimum absolute atomic E-state index is 0.240. The molecule has 0 radical (unpaired) electrons. The molecule has 0 unspecified atom stereocenters. The van der Waals surface area contributed by atoms with Crippen molar-refractivity contribution in [3.8, 4) is 0 Å². The number of ether oxygens (including phenoxy) is 1. The number of aryl methyl sites for hydroxylation is 1. The highest BCUT2D eigenvalue weighted by Gasteiger charge is 2.16. The molecule has 3 nitrogen and oxygen atoms in total. The zero-order chi connectivity index (χ0) is 13.8. The van der Waals surface area contributed by atoms with Gasteiger partial charge in [0.1, 0.15) is 17.2 Å². The van der Waals surface area contributed by atoms with Gasteiger partial charge in [0.15, 0.2) is 0 Å². The molecule has 0 atom stereocenters. The molecule has 0 aliphatic heterocycles. The van der Waals surface area contributed by atoms with Crippen LogP contribution in [0.5, 0.6) is 0 Å². The lowest BCUT2D eigenvalue weighted by atomic mass is 10.1. The smallest absolute Gasteiger partial charge is 0.137 e. The number of benzene rings is 1. The van der Waals surface area contributed by atoms with E-state index in [1.54, 1.807) is 7.11 Å². The van der Waals surface area contributed by atoms with Gasteiger partial charge < -0.3 is 14.5 Å². The fourth-order valence-corrected chi connectivity index (χ4v) is 2.25. The molecule has 19 heavy (non-hydrogen) atoms. The fourth-order valence-electron chi connectivity index (χ4n) is 2.25. The van der Waals surface area contributed by atoms with Crippen LogP contribution >= 0.6 is 0 Å². The van der Waals surface area contributed by atoms with Gasteiger partial charge in [0.2, 0.25) is 0 Å². The zero-order valence-corrected chi connectivity index (χ0v) is 11.7. The largest absolute Gasteiger partial charge is 0.459 e. The molecule has 1 heterocycles. The molecule has 0 fully saturated rings. The minimum Gasteiger partial charge on any atom is -0.459 e. The van der Waals surface area contributed by atoms with Crippen molar-refractivity contribution in [2.24, 2.45) is 0 Å². The number of furan rings is 1. The number of halogens is 1. The van der Waals surface area contributed by atoms with Crippen LogP contribution in [-0.2, 0) is 17.9 Å². The van der Waals surface area contributed by atoms with E-state index in [4.69, 9.17) is 9.15 Å². The topological polar surface area (TPSA) is 34.4 Å². The van der Waals surface area contributed by atoms with Gasteiger partial charge in [-0.15, -0.1) is 0 Å². The summed E-state index contributed by atoms with van der Waals surface area (Å²) >= 11 is 0. The third-order valence-corrected chi connectivity index (χ3v) is 3.13. The van der Waals surface area contributed by atoms with Crippen LogP contribution in [0.3, 0.4) is 0 Å². The summed E-state index contributed by atoms with van der Waals surface area (Å²) in [5, 5.41) is 4.11. The molecule has 0 bridgehead atoms. The summed E-state index contributed by atoms with van der Waals surface area (Å²) in [6.45, 7) is 5.97. The van der Waals surface area contributed by atoms with Gasteiger partial charge in [0.25, 0.3) is 0 Å². The molecule has 0 saturated heterocycles. The maximum atomic E-state index is 13.5. The molecule has 0 spiro atoms. The quantitative estimate of drug-likeness (QED) is 0.811. The third kappa shape index (κ3) is 2.96. The van der Waals surface area contributed by atoms with Crippen LogP contribution < -0.4 is 5.32 Å². The van der Waals surface area contributed by atoms with Gasteiger partial charge >= 0.3 is 0 Å². The van der Waals surface area contributed by atoms with Gasteiger partial charge in [-0.05, 0) is 37.6 Å². The first-order chi connectivity index (χ1) is 9.17. The molecule has 2 rings (SSSR count). The van der Waals surface area contributed by atoms with Gasteiger partial charge in [0, 0.05) is 18.1 Å². The summed E-state index contributed by atoms with van der Waals surface area (Å²) in [7, 11) is 1.63. The predicted octanol–water partition coefficient (Wildman–Crippen LogP) is 3.53. The molecule has 1 aromatic heterocycles. The van der Waals surface area contributed by atoms with E-state index in [9.17, 15) is 4.39 Å². The second kappa shape index (κ2) is 6.17. The maximum absolute atomic E-state index is 13.5. The number of fused-ring (bicyclic) bond motifs is 1. The molecule has 0 amide bonds. The zero-order valence-electron chi connectivity index (χ0n) is 11.7. The van der Waals surface area contributed by atoms with Crippen molar-refractivity contribution in [3.05, 3.63) is 34.8 Å². The molecular weight excluding hydrogens is 245 g/mol. The molecule has 1 aromatic carbocycles. The number of nitrogens with one attached hydrogen (secondary N) is 1. The van der Waals surface area contributed by atoms with E-state index in [1.165, 1.54) is 12.1 Å². The van der Waals surface area contributed by atoms with Crippen LogP contribution in [-0.4, -0.2) is 13.7 Å². The summed E-state index contributed by atoms with van der Waals surface area (Å²) in [5.74, 6) is 0.593. The van der Waals surface area contributed by atoms with Crippen molar-refractivity contribution in [1.29, 1.82) is 0 Å². The standard InChI is InChI=1S/C15H20FNO2/c1-4-5-17-8-14-13(9-18-3)12-7-11(16)6-10(2)15(12)19-14/h6-7,17H,4-5,8-9H2,1-3H3. The molecule has 2 aromatic rings. The monoisotopic (exact) mass is 265 g/mol. The molecule has 4 heteroatoms. The molecule has 0 aliphatic carbocycles. The number of methoxy groups -OCH3 is 1. The lowest BCUT2D eigenvalue weighted by Crippen LogP contribution is -2.14. The summed E-state index contributed by atoms with van der Waals surface area (Å²) in [4.78, 5) is 0. The van der Waals surface area contributed by atoms with Crippen LogP contribution in [0.4, 0.5) is 4.39 Å². The van der Waals surface area contributed by atoms with Gasteiger partial charge in [0.05, 0.1) is 13.2 Å². The Labute approximate surface area is 112 Å². The van der Waals surface area contributed by atoms with E-state index in [0.29, 0.717) is 13.2 Å². The highest BCUT2D eigenvalue weighted by Crippen LogP contribution is 2.30. The number of hydrogen-bond donors (Lipinski definition) is 1. The van der Waals surface area contributed by atoms with Crippen LogP contribution in [0.25, 0.3) is 11.0 Å². The van der Waals surface area contributed by atoms with Crippen LogP contribution in [0.2, 0.25) is 0 Å². The van der Waals surface area contributed by atoms with Crippen molar-refractivity contribution in [1.82, 2.24) is 5.32 Å². The lowest BCUT2D eigenvalue weighted by molar-refractivity contribution is 0.183. The Morgan fingerprint density at radius 3 is 2.84 bits per heavy atom. The first-order valence-corrected chi connectivity index (χ1v) is 6.57. The second-order valence-electron chi connectivity index (χ2n) is 4.71. The first kappa shape index (κ1) is 14.0. The van der Waals surface area contributed by atoms with Gasteiger partial charge in [-0.1, -0.05) is 6.92 Å². The number of hydrogen-bond acceptors (Lipinski definition) is 3. The van der Waals surface area contributed by atoms with E-state index in [0.717, 1.165) is 40.8 Å². The Balaban J connectivity index is 2.44. The van der Waals surface area contributed by atoms with E-state index in [-0.39, 0.29) is 5.82 Å². The summed E-state index contributed by atoms with van der Waals surface area (Å²) in [5.41, 5.74) is 2.50. The van der Waals surface area contributed by atoms with Crippen molar-refractivity contribution >= 4 is 11.0 Å². The normalized spacial score (nSPS) is 11.4. The SMILES string of the molecule is CCCNCc1oc2c(C)cc(F)cc2c1COC. The molecule has 0 aliphatic rings. The van der Waals surface area contributed by atoms with E-state index in [1.807, 2.05) is 6.92 Å². The van der Waals surface area contributed by atoms with Crippen molar-refractivity contribution in [2.45, 2.75) is 33.4 Å². The molecular formula is C15H20FNO2. The highest BCUT2D eigenvalue weighted by molar-refractivity contribution is 5.85. The van der Waals surface area contributed by atoms with Crippen LogP contribution in [0.1, 0.15) is 30.2 Å². The summed E-state index contributed by atoms with van der Waals surface area (Å²) in [6, 6.07) is 3.01. The van der Waals surface area contributed by atoms with Crippen molar-refractivity contribution in [3.63, 3.8) is 0 Å². The Bertz CT molecular complexity index is 563. The summed E-state index contributed by atoms with van der Waals surface area (Å²) < 4.78 is 24.6. The Morgan fingerprint density at radius 1 is 1.37 bits per heavy atom. The van der Waals surface area contributed by atoms with Gasteiger partial charge in [-0.3, -0.25) is 0 Å². The van der Waals surface area contributed by atoms with Crippen LogP contribution in [0, 0.1) is 12.7 Å². The van der Waals surface area contributed by atoms with Crippen LogP contribution in [0.15, 0.2) is 16.5 Å². The maximum Gasteiger partial charge on any atom is 0.137 e. The minimum atomic E-state index is -0.240. The molecule has 1 N–H and O–H groups in total. The summed E-state index contributed by atoms with van der Waals surface area (Å²) in [6.07, 6.45) is 1.06. The third-order valence-electron chi connectivity index (χ3n) is 3.13. The van der Waals surface area contributed by atoms with Gasteiger partial charge in [-0.2, -0.15) is 0 Å². The van der Waals surface area contributed by atoms with E-state index < -0.39 is 0 Å². The van der Waals surface area contributed by atoms with E-state index in [2.05, 4.69) is 12.2 Å². The lowest BCUT2D eigenvalue weighted by Gasteiger charge is -2.03. The van der Waals surface area contributed by atoms with Crippen molar-refractivity contribution < 1.29 is 13.5 Å². The molecule has 104 valence electrons. The fraction of sp³-hybridized carbons (Fsp3) is 0.467. The van der Waals surface area contributed by atoms with E-state index >= 15 is 0 Å². The predicted molar refractivity (Wildman–Crippen MR) is 73.6 cm³/mol. The first-order valence-electron chi connectivity index (χ1n) is 6.57. The Kier molecular flexibility index (Phi) is 4.56. The molecule has 0 saturated carbocycles. The highest BCUT2D eigenvalue weighted by atomic mass is 19.1. The average Bonchev–Trinajstić information content (AvgIpc) is 2.70. The second-order valence-corrected chi connectivity index (χ2v) is 4.71. The Hall–Kier alpha value is -1.39.